The number of phenols is 1. The number of hydrogen-bond acceptors (Lipinski definition) is 2. The molecule has 2 rings (SSSR count). The van der Waals surface area contributed by atoms with Crippen LogP contribution in [0.3, 0.4) is 0 Å². The molecule has 0 aliphatic heterocycles. The Kier molecular flexibility index (Phi) is 7.15. The number of aliphatic imine (C=N–C) groups is 1. The molecule has 24 heavy (non-hydrogen) atoms. The van der Waals surface area contributed by atoms with E-state index in [2.05, 4.69) is 53.7 Å². The molecule has 2 aromatic rings. The molecule has 2 aromatic carbocycles. The molecule has 3 N–H and O–H groups in total. The van der Waals surface area contributed by atoms with E-state index in [0.717, 1.165) is 31.9 Å². The molecule has 128 valence electrons. The van der Waals surface area contributed by atoms with Crippen LogP contribution in [-0.2, 0) is 13.0 Å². The van der Waals surface area contributed by atoms with Gasteiger partial charge in [-0.1, -0.05) is 42.0 Å². The summed E-state index contributed by atoms with van der Waals surface area (Å²) >= 11 is 0. The fourth-order valence-corrected chi connectivity index (χ4v) is 2.48. The fraction of sp³-hybridized carbons (Fsp3) is 0.350. The topological polar surface area (TPSA) is 56.7 Å². The summed E-state index contributed by atoms with van der Waals surface area (Å²) in [6, 6.07) is 15.8. The second kappa shape index (κ2) is 9.60. The maximum Gasteiger partial charge on any atom is 0.191 e. The Bertz CT molecular complexity index is 650. The monoisotopic (exact) mass is 325 g/mol. The molecule has 0 aliphatic carbocycles. The van der Waals surface area contributed by atoms with Gasteiger partial charge in [0.1, 0.15) is 5.75 Å². The summed E-state index contributed by atoms with van der Waals surface area (Å²) in [5, 5.41) is 15.9. The van der Waals surface area contributed by atoms with Gasteiger partial charge in [-0.05, 0) is 49.9 Å². The molecule has 0 atom stereocenters. The predicted molar refractivity (Wildman–Crippen MR) is 100 cm³/mol. The fourth-order valence-electron chi connectivity index (χ4n) is 2.48. The lowest BCUT2D eigenvalue weighted by Gasteiger charge is -2.11. The molecular weight excluding hydrogens is 298 g/mol. The second-order valence-corrected chi connectivity index (χ2v) is 5.88. The van der Waals surface area contributed by atoms with Gasteiger partial charge in [0.15, 0.2) is 5.96 Å². The summed E-state index contributed by atoms with van der Waals surface area (Å²) in [6.45, 7) is 6.55. The van der Waals surface area contributed by atoms with Crippen LogP contribution in [0.15, 0.2) is 53.5 Å². The highest BCUT2D eigenvalue weighted by Crippen LogP contribution is 2.10. The van der Waals surface area contributed by atoms with Gasteiger partial charge in [-0.25, -0.2) is 4.99 Å². The van der Waals surface area contributed by atoms with E-state index in [1.807, 2.05) is 12.1 Å². The third-order valence-corrected chi connectivity index (χ3v) is 3.72. The molecule has 4 nitrogen and oxygen atoms in total. The third-order valence-electron chi connectivity index (χ3n) is 3.72. The van der Waals surface area contributed by atoms with Gasteiger partial charge in [0.2, 0.25) is 0 Å². The number of guanidine groups is 1. The van der Waals surface area contributed by atoms with Crippen LogP contribution < -0.4 is 10.6 Å². The number of rotatable bonds is 7. The van der Waals surface area contributed by atoms with E-state index in [9.17, 15) is 5.11 Å². The van der Waals surface area contributed by atoms with Crippen molar-refractivity contribution in [3.05, 3.63) is 65.2 Å². The number of hydrogen-bond donors (Lipinski definition) is 3. The molecule has 0 aliphatic rings. The zero-order valence-electron chi connectivity index (χ0n) is 14.5. The van der Waals surface area contributed by atoms with E-state index < -0.39 is 0 Å². The van der Waals surface area contributed by atoms with Gasteiger partial charge in [0, 0.05) is 13.1 Å². The number of aryl methyl sites for hydroxylation is 2. The highest BCUT2D eigenvalue weighted by atomic mass is 16.3. The van der Waals surface area contributed by atoms with Crippen LogP contribution in [0.1, 0.15) is 30.0 Å². The number of nitrogens with zero attached hydrogens (tertiary/aromatic N) is 1. The van der Waals surface area contributed by atoms with Gasteiger partial charge < -0.3 is 15.7 Å². The Morgan fingerprint density at radius 2 is 1.83 bits per heavy atom. The van der Waals surface area contributed by atoms with Gasteiger partial charge in [0.25, 0.3) is 0 Å². The largest absolute Gasteiger partial charge is 0.508 e. The molecule has 0 spiro atoms. The van der Waals surface area contributed by atoms with Gasteiger partial charge >= 0.3 is 0 Å². The highest BCUT2D eigenvalue weighted by molar-refractivity contribution is 5.79. The van der Waals surface area contributed by atoms with Crippen LogP contribution in [0.5, 0.6) is 5.75 Å². The van der Waals surface area contributed by atoms with Crippen molar-refractivity contribution in [1.29, 1.82) is 0 Å². The summed E-state index contributed by atoms with van der Waals surface area (Å²) in [5.74, 6) is 1.17. The lowest BCUT2D eigenvalue weighted by Crippen LogP contribution is -2.37. The van der Waals surface area contributed by atoms with Gasteiger partial charge in [0.05, 0.1) is 6.54 Å². The van der Waals surface area contributed by atoms with Crippen LogP contribution in [0.25, 0.3) is 0 Å². The number of aromatic hydroxyl groups is 1. The van der Waals surface area contributed by atoms with Gasteiger partial charge in [-0.3, -0.25) is 0 Å². The van der Waals surface area contributed by atoms with Crippen molar-refractivity contribution in [2.24, 2.45) is 4.99 Å². The second-order valence-electron chi connectivity index (χ2n) is 5.88. The minimum atomic E-state index is 0.314. The maximum absolute atomic E-state index is 9.29. The Hall–Kier alpha value is -2.49. The normalized spacial score (nSPS) is 11.3. The molecule has 0 radical (unpaired) electrons. The van der Waals surface area contributed by atoms with Crippen LogP contribution in [-0.4, -0.2) is 24.2 Å². The Labute approximate surface area is 144 Å². The lowest BCUT2D eigenvalue weighted by molar-refractivity contribution is 0.475. The number of benzene rings is 2. The van der Waals surface area contributed by atoms with E-state index in [-0.39, 0.29) is 0 Å². The summed E-state index contributed by atoms with van der Waals surface area (Å²) in [5.41, 5.74) is 3.71. The summed E-state index contributed by atoms with van der Waals surface area (Å²) < 4.78 is 0. The summed E-state index contributed by atoms with van der Waals surface area (Å²) in [7, 11) is 0. The molecule has 0 saturated carbocycles. The zero-order valence-corrected chi connectivity index (χ0v) is 14.5. The van der Waals surface area contributed by atoms with Crippen LogP contribution in [0.2, 0.25) is 0 Å². The van der Waals surface area contributed by atoms with Crippen LogP contribution >= 0.6 is 0 Å². The smallest absolute Gasteiger partial charge is 0.191 e. The lowest BCUT2D eigenvalue weighted by atomic mass is 10.1. The standard InChI is InChI=1S/C20H27N3O/c1-3-21-20(23-15-18-7-4-6-16(2)14-18)22-13-5-8-17-9-11-19(24)12-10-17/h4,6-7,9-12,14,24H,3,5,8,13,15H2,1-2H3,(H2,21,22,23). The van der Waals surface area contributed by atoms with E-state index in [0.29, 0.717) is 12.3 Å². The quantitative estimate of drug-likeness (QED) is 0.415. The molecule has 4 heteroatoms. The van der Waals surface area contributed by atoms with Gasteiger partial charge in [-0.15, -0.1) is 0 Å². The van der Waals surface area contributed by atoms with Crippen molar-refractivity contribution in [2.45, 2.75) is 33.2 Å². The van der Waals surface area contributed by atoms with Crippen LogP contribution in [0, 0.1) is 6.92 Å². The molecule has 0 amide bonds. The average Bonchev–Trinajstić information content (AvgIpc) is 2.58. The predicted octanol–water partition coefficient (Wildman–Crippen LogP) is 3.39. The van der Waals surface area contributed by atoms with Crippen molar-refractivity contribution in [1.82, 2.24) is 10.6 Å². The summed E-state index contributed by atoms with van der Waals surface area (Å²) in [4.78, 5) is 4.64. The Morgan fingerprint density at radius 3 is 2.54 bits per heavy atom. The number of phenolic OH excluding ortho intramolecular Hbond substituents is 1. The molecule has 0 heterocycles. The van der Waals surface area contributed by atoms with Crippen molar-refractivity contribution in [3.8, 4) is 5.75 Å². The van der Waals surface area contributed by atoms with Crippen molar-refractivity contribution in [2.75, 3.05) is 13.1 Å². The van der Waals surface area contributed by atoms with Crippen molar-refractivity contribution >= 4 is 5.96 Å². The van der Waals surface area contributed by atoms with E-state index in [4.69, 9.17) is 0 Å². The van der Waals surface area contributed by atoms with Crippen LogP contribution in [0.4, 0.5) is 0 Å². The summed E-state index contributed by atoms with van der Waals surface area (Å²) in [6.07, 6.45) is 1.99. The van der Waals surface area contributed by atoms with E-state index >= 15 is 0 Å². The first-order valence-corrected chi connectivity index (χ1v) is 8.53. The van der Waals surface area contributed by atoms with E-state index in [1.54, 1.807) is 12.1 Å². The SMILES string of the molecule is CCNC(=NCc1cccc(C)c1)NCCCc1ccc(O)cc1. The Morgan fingerprint density at radius 1 is 1.04 bits per heavy atom. The minimum Gasteiger partial charge on any atom is -0.508 e. The number of nitrogens with one attached hydrogen (secondary N) is 2. The average molecular weight is 325 g/mol. The van der Waals surface area contributed by atoms with Gasteiger partial charge in [-0.2, -0.15) is 0 Å². The maximum atomic E-state index is 9.29. The molecule has 0 aromatic heterocycles. The van der Waals surface area contributed by atoms with Crippen molar-refractivity contribution < 1.29 is 5.11 Å². The Balaban J connectivity index is 1.79. The molecule has 0 fully saturated rings. The molecule has 0 bridgehead atoms. The first-order chi connectivity index (χ1) is 11.7. The highest BCUT2D eigenvalue weighted by Gasteiger charge is 1.99. The molecular formula is C20H27N3O. The van der Waals surface area contributed by atoms with E-state index in [1.165, 1.54) is 16.7 Å². The van der Waals surface area contributed by atoms with Crippen molar-refractivity contribution in [3.63, 3.8) is 0 Å². The molecule has 0 unspecified atom stereocenters. The molecule has 0 saturated heterocycles. The minimum absolute atomic E-state index is 0.314. The third kappa shape index (κ3) is 6.32. The zero-order chi connectivity index (χ0) is 17.2. The first-order valence-electron chi connectivity index (χ1n) is 8.53. The first kappa shape index (κ1) is 17.9.